The fourth-order valence-corrected chi connectivity index (χ4v) is 4.61. The summed E-state index contributed by atoms with van der Waals surface area (Å²) in [6, 6.07) is 1.82. The smallest absolute Gasteiger partial charge is 0.368 e. The van der Waals surface area contributed by atoms with Gasteiger partial charge in [0.15, 0.2) is 21.9 Å². The number of aliphatic hydroxyl groups excluding tert-OH is 1. The molecule has 0 saturated carbocycles. The molecule has 2 unspecified atom stereocenters. The van der Waals surface area contributed by atoms with Crippen molar-refractivity contribution in [2.24, 2.45) is 12.8 Å². The highest BCUT2D eigenvalue weighted by atomic mass is 32.2. The number of fused-ring (bicyclic) bond motifs is 1. The second-order valence-electron chi connectivity index (χ2n) is 6.93. The third kappa shape index (κ3) is 3.71. The van der Waals surface area contributed by atoms with Crippen LogP contribution in [-0.4, -0.2) is 52.6 Å². The maximum absolute atomic E-state index is 13.5. The van der Waals surface area contributed by atoms with Crippen molar-refractivity contribution in [3.8, 4) is 6.07 Å². The monoisotopic (exact) mass is 458 g/mol. The van der Waals surface area contributed by atoms with Gasteiger partial charge in [-0.15, -0.1) is 0 Å². The SMILES string of the molecule is CCN1C(C(F)(F)F)=Cc2nc(C3=C(S(=O)(=O)CC)C=C(C#N)C(N)N3)n(C)c2C1O. The van der Waals surface area contributed by atoms with E-state index in [1.54, 1.807) is 0 Å². The second kappa shape index (κ2) is 7.70. The molecule has 0 fully saturated rings. The fraction of sp³-hybridized carbons (Fsp3) is 0.444. The Kier molecular flexibility index (Phi) is 5.68. The van der Waals surface area contributed by atoms with Crippen LogP contribution in [-0.2, 0) is 16.9 Å². The Morgan fingerprint density at radius 1 is 1.35 bits per heavy atom. The van der Waals surface area contributed by atoms with Crippen LogP contribution in [0.25, 0.3) is 11.8 Å². The number of nitrogens with two attached hydrogens (primary N) is 1. The molecular formula is C18H21F3N6O3S. The van der Waals surface area contributed by atoms with Crippen LogP contribution < -0.4 is 11.1 Å². The number of hydrogen-bond acceptors (Lipinski definition) is 8. The summed E-state index contributed by atoms with van der Waals surface area (Å²) in [7, 11) is -2.40. The first-order valence-corrected chi connectivity index (χ1v) is 10.9. The number of aliphatic hydroxyl groups is 1. The standard InChI is InChI=1S/C18H21F3N6O3S/c1-4-27-12(18(19,20)21)7-10-14(17(27)28)26(3)16(24-10)13-11(31(29,30)5-2)6-9(8-22)15(23)25-13/h6-7,15,17,25,28H,4-5,23H2,1-3H3. The Balaban J connectivity index is 2.30. The van der Waals surface area contributed by atoms with E-state index in [2.05, 4.69) is 10.3 Å². The lowest BCUT2D eigenvalue weighted by Crippen LogP contribution is -2.41. The number of imidazole rings is 1. The summed E-state index contributed by atoms with van der Waals surface area (Å²) in [5, 5.41) is 22.6. The number of hydrogen-bond donors (Lipinski definition) is 3. The number of halogens is 3. The molecule has 2 atom stereocenters. The summed E-state index contributed by atoms with van der Waals surface area (Å²) in [6.07, 6.45) is -5.47. The minimum absolute atomic E-state index is 0.0220. The first kappa shape index (κ1) is 22.9. The molecule has 168 valence electrons. The maximum Gasteiger partial charge on any atom is 0.431 e. The molecule has 2 aliphatic rings. The topological polar surface area (TPSA) is 137 Å². The highest BCUT2D eigenvalue weighted by molar-refractivity contribution is 7.95. The van der Waals surface area contributed by atoms with E-state index in [1.807, 2.05) is 6.07 Å². The number of dihydropyridines is 1. The fourth-order valence-electron chi connectivity index (χ4n) is 3.53. The molecule has 3 heterocycles. The van der Waals surface area contributed by atoms with E-state index in [4.69, 9.17) is 5.73 Å². The number of aromatic nitrogens is 2. The van der Waals surface area contributed by atoms with Crippen molar-refractivity contribution in [2.45, 2.75) is 32.4 Å². The summed E-state index contributed by atoms with van der Waals surface area (Å²) in [6.45, 7) is 2.76. The molecule has 0 amide bonds. The van der Waals surface area contributed by atoms with Crippen molar-refractivity contribution in [3.05, 3.63) is 39.5 Å². The van der Waals surface area contributed by atoms with Gasteiger partial charge in [0.25, 0.3) is 0 Å². The van der Waals surface area contributed by atoms with Gasteiger partial charge in [-0.3, -0.25) is 0 Å². The van der Waals surface area contributed by atoms with Gasteiger partial charge in [0.05, 0.1) is 39.4 Å². The maximum atomic E-state index is 13.5. The van der Waals surface area contributed by atoms with Gasteiger partial charge in [0.1, 0.15) is 11.9 Å². The molecule has 0 aromatic carbocycles. The van der Waals surface area contributed by atoms with Crippen LogP contribution in [0.2, 0.25) is 0 Å². The first-order chi connectivity index (χ1) is 14.4. The minimum Gasteiger partial charge on any atom is -0.368 e. The zero-order valence-electron chi connectivity index (χ0n) is 16.9. The minimum atomic E-state index is -4.72. The predicted octanol–water partition coefficient (Wildman–Crippen LogP) is 1.09. The molecular weight excluding hydrogens is 437 g/mol. The number of nitrogens with one attached hydrogen (secondary N) is 1. The molecule has 3 rings (SSSR count). The van der Waals surface area contributed by atoms with Crippen molar-refractivity contribution < 1.29 is 26.7 Å². The number of nitrogens with zero attached hydrogens (tertiary/aromatic N) is 4. The molecule has 0 spiro atoms. The van der Waals surface area contributed by atoms with E-state index in [-0.39, 0.29) is 45.7 Å². The highest BCUT2D eigenvalue weighted by Crippen LogP contribution is 2.41. The van der Waals surface area contributed by atoms with E-state index in [0.717, 1.165) is 17.1 Å². The van der Waals surface area contributed by atoms with Crippen molar-refractivity contribution in [1.29, 1.82) is 5.26 Å². The van der Waals surface area contributed by atoms with E-state index in [1.165, 1.54) is 25.5 Å². The summed E-state index contributed by atoms with van der Waals surface area (Å²) in [5.41, 5.74) is 4.69. The Morgan fingerprint density at radius 2 is 2.00 bits per heavy atom. The average molecular weight is 458 g/mol. The van der Waals surface area contributed by atoms with Gasteiger partial charge in [0.2, 0.25) is 0 Å². The average Bonchev–Trinajstić information content (AvgIpc) is 3.03. The first-order valence-electron chi connectivity index (χ1n) is 9.28. The van der Waals surface area contributed by atoms with Crippen molar-refractivity contribution >= 4 is 21.6 Å². The van der Waals surface area contributed by atoms with Crippen LogP contribution in [0.4, 0.5) is 13.2 Å². The van der Waals surface area contributed by atoms with Crippen LogP contribution in [0.1, 0.15) is 37.3 Å². The van der Waals surface area contributed by atoms with Crippen LogP contribution in [0, 0.1) is 11.3 Å². The highest BCUT2D eigenvalue weighted by Gasteiger charge is 2.44. The lowest BCUT2D eigenvalue weighted by Gasteiger charge is -2.35. The van der Waals surface area contributed by atoms with Crippen LogP contribution in [0.5, 0.6) is 0 Å². The Bertz CT molecular complexity index is 1160. The molecule has 0 radical (unpaired) electrons. The number of alkyl halides is 3. The van der Waals surface area contributed by atoms with Crippen molar-refractivity contribution in [3.63, 3.8) is 0 Å². The molecule has 31 heavy (non-hydrogen) atoms. The Hall–Kier alpha value is -2.82. The van der Waals surface area contributed by atoms with Gasteiger partial charge < -0.3 is 25.6 Å². The molecule has 9 nitrogen and oxygen atoms in total. The van der Waals surface area contributed by atoms with Gasteiger partial charge in [0, 0.05) is 13.6 Å². The van der Waals surface area contributed by atoms with Crippen molar-refractivity contribution in [2.75, 3.05) is 12.3 Å². The van der Waals surface area contributed by atoms with Gasteiger partial charge in [-0.1, -0.05) is 6.92 Å². The van der Waals surface area contributed by atoms with Gasteiger partial charge in [-0.25, -0.2) is 13.4 Å². The van der Waals surface area contributed by atoms with E-state index < -0.39 is 34.1 Å². The molecule has 0 saturated heterocycles. The summed E-state index contributed by atoms with van der Waals surface area (Å²) in [5.74, 6) is -0.317. The predicted molar refractivity (Wildman–Crippen MR) is 106 cm³/mol. The van der Waals surface area contributed by atoms with Crippen LogP contribution in [0.15, 0.2) is 22.3 Å². The Morgan fingerprint density at radius 3 is 2.52 bits per heavy atom. The molecule has 1 aromatic rings. The van der Waals surface area contributed by atoms with E-state index in [9.17, 15) is 32.0 Å². The number of rotatable bonds is 4. The third-order valence-corrected chi connectivity index (χ3v) is 6.91. The Labute approximate surface area is 176 Å². The summed E-state index contributed by atoms with van der Waals surface area (Å²) >= 11 is 0. The second-order valence-corrected chi connectivity index (χ2v) is 9.17. The molecule has 1 aromatic heterocycles. The lowest BCUT2D eigenvalue weighted by molar-refractivity contribution is -0.129. The molecule has 0 aliphatic carbocycles. The van der Waals surface area contributed by atoms with E-state index >= 15 is 0 Å². The quantitative estimate of drug-likeness (QED) is 0.610. The van der Waals surface area contributed by atoms with Crippen LogP contribution >= 0.6 is 0 Å². The van der Waals surface area contributed by atoms with Gasteiger partial charge >= 0.3 is 6.18 Å². The third-order valence-electron chi connectivity index (χ3n) is 5.16. The van der Waals surface area contributed by atoms with E-state index in [0.29, 0.717) is 0 Å². The largest absolute Gasteiger partial charge is 0.431 e. The molecule has 2 aliphatic heterocycles. The van der Waals surface area contributed by atoms with Crippen LogP contribution in [0.3, 0.4) is 0 Å². The van der Waals surface area contributed by atoms with Crippen molar-refractivity contribution in [1.82, 2.24) is 19.8 Å². The summed E-state index contributed by atoms with van der Waals surface area (Å²) < 4.78 is 67.1. The number of sulfone groups is 1. The molecule has 0 bridgehead atoms. The number of nitriles is 1. The number of allylic oxidation sites excluding steroid dienone is 2. The van der Waals surface area contributed by atoms with Gasteiger partial charge in [-0.2, -0.15) is 18.4 Å². The lowest BCUT2D eigenvalue weighted by atomic mass is 10.1. The normalized spacial score (nSPS) is 21.8. The summed E-state index contributed by atoms with van der Waals surface area (Å²) in [4.78, 5) is 4.72. The molecule has 13 heteroatoms. The van der Waals surface area contributed by atoms with Gasteiger partial charge in [-0.05, 0) is 19.1 Å². The zero-order valence-corrected chi connectivity index (χ0v) is 17.7. The molecule has 4 N–H and O–H groups in total. The zero-order chi connectivity index (χ0) is 23.3.